The normalized spacial score (nSPS) is 17.9. The molecule has 0 spiro atoms. The van der Waals surface area contributed by atoms with Gasteiger partial charge < -0.3 is 19.9 Å². The molecule has 1 N–H and O–H groups in total. The van der Waals surface area contributed by atoms with Gasteiger partial charge in [0.1, 0.15) is 0 Å². The number of hydrogen-bond acceptors (Lipinski definition) is 5. The lowest BCUT2D eigenvalue weighted by Crippen LogP contribution is -2.48. The van der Waals surface area contributed by atoms with Gasteiger partial charge in [-0.25, -0.2) is 0 Å². The minimum Gasteiger partial charge on any atom is -0.383 e. The van der Waals surface area contributed by atoms with Gasteiger partial charge in [-0.15, -0.1) is 11.3 Å². The molecule has 1 aliphatic heterocycles. The Labute approximate surface area is 201 Å². The molecule has 2 amide bonds. The topological polar surface area (TPSA) is 61.9 Å². The molecular weight excluding hydrogens is 434 g/mol. The van der Waals surface area contributed by atoms with Crippen molar-refractivity contribution in [1.82, 2.24) is 15.1 Å². The first-order chi connectivity index (χ1) is 16.1. The van der Waals surface area contributed by atoms with Crippen LogP contribution in [0.15, 0.2) is 41.8 Å². The molecule has 6 nitrogen and oxygen atoms in total. The summed E-state index contributed by atoms with van der Waals surface area (Å²) in [6.07, 6.45) is 3.19. The first-order valence-corrected chi connectivity index (χ1v) is 12.9. The molecule has 0 saturated heterocycles. The van der Waals surface area contributed by atoms with Crippen molar-refractivity contribution in [2.45, 2.75) is 45.1 Å². The van der Waals surface area contributed by atoms with E-state index in [9.17, 15) is 9.59 Å². The van der Waals surface area contributed by atoms with Crippen LogP contribution in [-0.4, -0.2) is 68.1 Å². The molecule has 2 aromatic rings. The molecule has 0 saturated carbocycles. The first kappa shape index (κ1) is 25.4. The smallest absolute Gasteiger partial charge is 0.254 e. The van der Waals surface area contributed by atoms with E-state index < -0.39 is 5.92 Å². The van der Waals surface area contributed by atoms with Gasteiger partial charge in [0.15, 0.2) is 0 Å². The van der Waals surface area contributed by atoms with Gasteiger partial charge in [0.05, 0.1) is 18.6 Å². The van der Waals surface area contributed by atoms with Crippen molar-refractivity contribution < 1.29 is 14.3 Å². The van der Waals surface area contributed by atoms with Crippen LogP contribution >= 0.6 is 11.3 Å². The van der Waals surface area contributed by atoms with Crippen LogP contribution in [0.25, 0.3) is 0 Å². The summed E-state index contributed by atoms with van der Waals surface area (Å²) in [4.78, 5) is 32.3. The Morgan fingerprint density at radius 1 is 1.12 bits per heavy atom. The predicted molar refractivity (Wildman–Crippen MR) is 134 cm³/mol. The van der Waals surface area contributed by atoms with Gasteiger partial charge in [-0.1, -0.05) is 38.1 Å². The van der Waals surface area contributed by atoms with Crippen LogP contribution in [-0.2, 0) is 9.53 Å². The third-order valence-corrected chi connectivity index (χ3v) is 7.07. The molecule has 1 aromatic heterocycles. The Morgan fingerprint density at radius 3 is 2.55 bits per heavy atom. The summed E-state index contributed by atoms with van der Waals surface area (Å²) in [7, 11) is 1.63. The summed E-state index contributed by atoms with van der Waals surface area (Å²) in [6.45, 7) is 9.07. The highest BCUT2D eigenvalue weighted by Crippen LogP contribution is 2.44. The van der Waals surface area contributed by atoms with Gasteiger partial charge in [-0.3, -0.25) is 9.59 Å². The zero-order valence-electron chi connectivity index (χ0n) is 20.1. The fraction of sp³-hybridized carbons (Fsp3) is 0.538. The van der Waals surface area contributed by atoms with E-state index in [0.29, 0.717) is 25.3 Å². The minimum atomic E-state index is -0.447. The largest absolute Gasteiger partial charge is 0.383 e. The number of fused-ring (bicyclic) bond motifs is 1. The Balaban J connectivity index is 1.81. The minimum absolute atomic E-state index is 0.0201. The maximum atomic E-state index is 13.6. The number of nitrogens with zero attached hydrogens (tertiary/aromatic N) is 2. The van der Waals surface area contributed by atoms with Crippen molar-refractivity contribution in [2.24, 2.45) is 0 Å². The Bertz CT molecular complexity index is 881. The summed E-state index contributed by atoms with van der Waals surface area (Å²) in [5, 5.41) is 5.19. The predicted octanol–water partition coefficient (Wildman–Crippen LogP) is 4.30. The molecule has 0 radical (unpaired) electrons. The van der Waals surface area contributed by atoms with E-state index in [4.69, 9.17) is 4.74 Å². The number of benzene rings is 1. The molecule has 0 unspecified atom stereocenters. The Hall–Kier alpha value is -2.22. The molecule has 7 heteroatoms. The highest BCUT2D eigenvalue weighted by atomic mass is 32.1. The molecule has 0 aliphatic carbocycles. The number of ether oxygens (including phenoxy) is 1. The van der Waals surface area contributed by atoms with Crippen LogP contribution in [0.3, 0.4) is 0 Å². The number of thiophene rings is 1. The van der Waals surface area contributed by atoms with Gasteiger partial charge in [-0.05, 0) is 62.0 Å². The Kier molecular flexibility index (Phi) is 9.91. The SMILES string of the molecule is CCCN(CCC)CCCNC(=O)[C@@H]1c2ccccc2C(=O)N(CCOC)[C@H]1c1cccs1. The first-order valence-electron chi connectivity index (χ1n) is 12.0. The average molecular weight is 472 g/mol. The van der Waals surface area contributed by atoms with Gasteiger partial charge in [0.25, 0.3) is 5.91 Å². The van der Waals surface area contributed by atoms with Crippen LogP contribution < -0.4 is 5.32 Å². The summed E-state index contributed by atoms with van der Waals surface area (Å²) in [6, 6.07) is 11.2. The molecule has 180 valence electrons. The number of carbonyl (C=O) groups excluding carboxylic acids is 2. The van der Waals surface area contributed by atoms with E-state index >= 15 is 0 Å². The maximum Gasteiger partial charge on any atom is 0.254 e. The highest BCUT2D eigenvalue weighted by molar-refractivity contribution is 7.10. The van der Waals surface area contributed by atoms with E-state index in [-0.39, 0.29) is 17.9 Å². The fourth-order valence-electron chi connectivity index (χ4n) is 4.68. The lowest BCUT2D eigenvalue weighted by atomic mass is 9.81. The second-order valence-electron chi connectivity index (χ2n) is 8.50. The van der Waals surface area contributed by atoms with E-state index in [1.807, 2.05) is 46.7 Å². The van der Waals surface area contributed by atoms with Crippen LogP contribution in [0.4, 0.5) is 0 Å². The fourth-order valence-corrected chi connectivity index (χ4v) is 5.55. The second kappa shape index (κ2) is 12.9. The van der Waals surface area contributed by atoms with Gasteiger partial charge >= 0.3 is 0 Å². The highest BCUT2D eigenvalue weighted by Gasteiger charge is 2.44. The average Bonchev–Trinajstić information content (AvgIpc) is 3.36. The number of nitrogens with one attached hydrogen (secondary N) is 1. The third kappa shape index (κ3) is 6.22. The van der Waals surface area contributed by atoms with E-state index in [1.54, 1.807) is 18.4 Å². The van der Waals surface area contributed by atoms with Crippen molar-refractivity contribution in [1.29, 1.82) is 0 Å². The summed E-state index contributed by atoms with van der Waals surface area (Å²) in [5.41, 5.74) is 1.42. The molecule has 0 fully saturated rings. The zero-order chi connectivity index (χ0) is 23.6. The lowest BCUT2D eigenvalue weighted by molar-refractivity contribution is -0.124. The van der Waals surface area contributed by atoms with Crippen molar-refractivity contribution in [2.75, 3.05) is 46.4 Å². The number of carbonyl (C=O) groups is 2. The molecular formula is C26H37N3O3S. The van der Waals surface area contributed by atoms with Crippen molar-refractivity contribution in [3.8, 4) is 0 Å². The molecule has 3 rings (SSSR count). The van der Waals surface area contributed by atoms with Crippen LogP contribution in [0, 0.1) is 0 Å². The zero-order valence-corrected chi connectivity index (χ0v) is 20.9. The molecule has 1 aliphatic rings. The number of hydrogen-bond donors (Lipinski definition) is 1. The monoisotopic (exact) mass is 471 g/mol. The van der Waals surface area contributed by atoms with Gasteiger partial charge in [0, 0.05) is 30.6 Å². The quantitative estimate of drug-likeness (QED) is 0.443. The van der Waals surface area contributed by atoms with Crippen molar-refractivity contribution in [3.05, 3.63) is 57.8 Å². The Morgan fingerprint density at radius 2 is 1.88 bits per heavy atom. The molecule has 0 bridgehead atoms. The van der Waals surface area contributed by atoms with E-state index in [0.717, 1.165) is 49.3 Å². The summed E-state index contributed by atoms with van der Waals surface area (Å²) >= 11 is 1.59. The third-order valence-electron chi connectivity index (χ3n) is 6.12. The number of methoxy groups -OCH3 is 1. The summed E-state index contributed by atoms with van der Waals surface area (Å²) < 4.78 is 5.29. The second-order valence-corrected chi connectivity index (χ2v) is 9.48. The molecule has 1 aromatic carbocycles. The van der Waals surface area contributed by atoms with Crippen LogP contribution in [0.2, 0.25) is 0 Å². The van der Waals surface area contributed by atoms with Crippen LogP contribution in [0.5, 0.6) is 0 Å². The molecule has 33 heavy (non-hydrogen) atoms. The molecule has 2 atom stereocenters. The van der Waals surface area contributed by atoms with E-state index in [2.05, 4.69) is 24.1 Å². The number of amides is 2. The standard InChI is InChI=1S/C26H37N3O3S/c1-4-14-28(15-5-2)16-9-13-27-25(30)23-20-10-6-7-11-21(20)26(31)29(17-18-32-3)24(23)22-12-8-19-33-22/h6-8,10-12,19,23-24H,4-5,9,13-18H2,1-3H3,(H,27,30)/t23-,24+/m1/s1. The van der Waals surface area contributed by atoms with Crippen LogP contribution in [0.1, 0.15) is 65.9 Å². The van der Waals surface area contributed by atoms with Gasteiger partial charge in [0.2, 0.25) is 5.91 Å². The van der Waals surface area contributed by atoms with Crippen molar-refractivity contribution >= 4 is 23.2 Å². The number of rotatable bonds is 13. The lowest BCUT2D eigenvalue weighted by Gasteiger charge is -2.41. The molecule has 2 heterocycles. The summed E-state index contributed by atoms with van der Waals surface area (Å²) in [5.74, 6) is -0.509. The van der Waals surface area contributed by atoms with Gasteiger partial charge in [-0.2, -0.15) is 0 Å². The maximum absolute atomic E-state index is 13.6. The van der Waals surface area contributed by atoms with E-state index in [1.165, 1.54) is 0 Å². The van der Waals surface area contributed by atoms with Crippen molar-refractivity contribution in [3.63, 3.8) is 0 Å².